The lowest BCUT2D eigenvalue weighted by Crippen LogP contribution is -2.50. The first kappa shape index (κ1) is 26.4. The van der Waals surface area contributed by atoms with Crippen molar-refractivity contribution in [3.05, 3.63) is 63.4 Å². The number of carbonyl (C=O) groups is 2. The molecule has 1 heterocycles. The van der Waals surface area contributed by atoms with Gasteiger partial charge in [-0.2, -0.15) is 13.2 Å². The molecule has 1 fully saturated rings. The summed E-state index contributed by atoms with van der Waals surface area (Å²) in [6, 6.07) is 5.07. The van der Waals surface area contributed by atoms with Gasteiger partial charge in [-0.05, 0) is 56.1 Å². The van der Waals surface area contributed by atoms with Gasteiger partial charge in [0.15, 0.2) is 0 Å². The summed E-state index contributed by atoms with van der Waals surface area (Å²) in [6.07, 6.45) is -3.70. The maximum atomic E-state index is 15.0. The lowest BCUT2D eigenvalue weighted by Gasteiger charge is -2.43. The van der Waals surface area contributed by atoms with Gasteiger partial charge in [0, 0.05) is 23.7 Å². The molecule has 2 aliphatic rings. The van der Waals surface area contributed by atoms with Crippen molar-refractivity contribution in [2.24, 2.45) is 11.7 Å². The highest BCUT2D eigenvalue weighted by atomic mass is 35.5. The Morgan fingerprint density at radius 1 is 1.22 bits per heavy atom. The molecule has 1 aliphatic heterocycles. The minimum atomic E-state index is -5.10. The second-order valence-corrected chi connectivity index (χ2v) is 9.62. The number of alkyl halides is 3. The molecular formula is C25H26ClF4N3O3. The molecule has 1 unspecified atom stereocenters. The van der Waals surface area contributed by atoms with Crippen LogP contribution < -0.4 is 10.6 Å². The minimum Gasteiger partial charge on any atom is -0.372 e. The SMILES string of the molecule is CCN(CC)[C@H]1C[C@H](CN2C(=O)C(O)(c3c(F)cccc3Cl)c3c2cc(C(N)=O)cc3C(F)(F)F)C1. The molecule has 1 atom stereocenters. The Morgan fingerprint density at radius 2 is 1.86 bits per heavy atom. The van der Waals surface area contributed by atoms with E-state index in [1.807, 2.05) is 13.8 Å². The Hall–Kier alpha value is -2.69. The zero-order valence-electron chi connectivity index (χ0n) is 19.7. The summed E-state index contributed by atoms with van der Waals surface area (Å²) in [5.41, 5.74) is -1.68. The van der Waals surface area contributed by atoms with Crippen LogP contribution in [0.4, 0.5) is 23.2 Å². The van der Waals surface area contributed by atoms with Crippen LogP contribution in [0.1, 0.15) is 53.7 Å². The largest absolute Gasteiger partial charge is 0.416 e. The van der Waals surface area contributed by atoms with E-state index in [0.717, 1.165) is 30.1 Å². The molecule has 1 saturated carbocycles. The van der Waals surface area contributed by atoms with Crippen molar-refractivity contribution < 1.29 is 32.3 Å². The highest BCUT2D eigenvalue weighted by Crippen LogP contribution is 2.53. The molecule has 0 spiro atoms. The molecule has 194 valence electrons. The van der Waals surface area contributed by atoms with E-state index in [4.69, 9.17) is 17.3 Å². The standard InChI is InChI=1S/C25H26ClF4N3O3/c1-3-32(4-2)15-8-13(9-15)12-33-19-11-14(22(31)34)10-16(25(28,29)30)20(19)24(36,23(33)35)21-17(26)6-5-7-18(21)27/h5-7,10-11,13,15,36H,3-4,8-9,12H2,1-2H3,(H2,31,34)/t13-,15-,24?. The van der Waals surface area contributed by atoms with Gasteiger partial charge in [-0.15, -0.1) is 0 Å². The normalized spacial score (nSPS) is 23.7. The third-order valence-electron chi connectivity index (χ3n) is 7.22. The van der Waals surface area contributed by atoms with Crippen molar-refractivity contribution in [1.29, 1.82) is 0 Å². The van der Waals surface area contributed by atoms with Crippen molar-refractivity contribution in [3.8, 4) is 0 Å². The van der Waals surface area contributed by atoms with Crippen LogP contribution in [0.25, 0.3) is 0 Å². The van der Waals surface area contributed by atoms with Crippen LogP contribution >= 0.6 is 11.6 Å². The number of fused-ring (bicyclic) bond motifs is 1. The minimum absolute atomic E-state index is 0.0164. The molecule has 11 heteroatoms. The van der Waals surface area contributed by atoms with Crippen LogP contribution in [0.5, 0.6) is 0 Å². The van der Waals surface area contributed by atoms with Crippen LogP contribution in [-0.4, -0.2) is 47.5 Å². The van der Waals surface area contributed by atoms with Crippen molar-refractivity contribution in [2.45, 2.75) is 44.5 Å². The van der Waals surface area contributed by atoms with Crippen molar-refractivity contribution in [2.75, 3.05) is 24.5 Å². The molecule has 36 heavy (non-hydrogen) atoms. The van der Waals surface area contributed by atoms with Crippen LogP contribution in [0.2, 0.25) is 5.02 Å². The zero-order valence-corrected chi connectivity index (χ0v) is 20.5. The van der Waals surface area contributed by atoms with E-state index in [9.17, 15) is 32.3 Å². The fraction of sp³-hybridized carbons (Fsp3) is 0.440. The lowest BCUT2D eigenvalue weighted by molar-refractivity contribution is -0.142. The van der Waals surface area contributed by atoms with Crippen LogP contribution in [0, 0.1) is 11.7 Å². The molecule has 2 aromatic rings. The van der Waals surface area contributed by atoms with Gasteiger partial charge in [-0.1, -0.05) is 31.5 Å². The van der Waals surface area contributed by atoms with Gasteiger partial charge >= 0.3 is 6.18 Å². The Balaban J connectivity index is 1.88. The number of benzene rings is 2. The summed E-state index contributed by atoms with van der Waals surface area (Å²) < 4.78 is 57.7. The number of hydrogen-bond donors (Lipinski definition) is 2. The van der Waals surface area contributed by atoms with E-state index in [1.165, 1.54) is 12.1 Å². The number of amides is 2. The number of anilines is 1. The van der Waals surface area contributed by atoms with Gasteiger partial charge < -0.3 is 20.6 Å². The predicted octanol–water partition coefficient (Wildman–Crippen LogP) is 4.30. The molecular weight excluding hydrogens is 502 g/mol. The van der Waals surface area contributed by atoms with Crippen molar-refractivity contribution in [3.63, 3.8) is 0 Å². The van der Waals surface area contributed by atoms with E-state index in [2.05, 4.69) is 4.90 Å². The Labute approximate surface area is 210 Å². The summed E-state index contributed by atoms with van der Waals surface area (Å²) in [5.74, 6) is -3.51. The molecule has 0 aromatic heterocycles. The van der Waals surface area contributed by atoms with Gasteiger partial charge in [0.25, 0.3) is 5.91 Å². The number of rotatable bonds is 7. The van der Waals surface area contributed by atoms with Gasteiger partial charge in [0.1, 0.15) is 5.82 Å². The summed E-state index contributed by atoms with van der Waals surface area (Å²) in [7, 11) is 0. The van der Waals surface area contributed by atoms with Crippen LogP contribution in [-0.2, 0) is 16.6 Å². The fourth-order valence-electron chi connectivity index (χ4n) is 5.40. The molecule has 0 radical (unpaired) electrons. The van der Waals surface area contributed by atoms with Gasteiger partial charge in [0.2, 0.25) is 11.5 Å². The smallest absolute Gasteiger partial charge is 0.372 e. The average molecular weight is 528 g/mol. The summed E-state index contributed by atoms with van der Waals surface area (Å²) in [6.45, 7) is 5.71. The first-order valence-corrected chi connectivity index (χ1v) is 12.0. The number of carbonyl (C=O) groups excluding carboxylic acids is 2. The number of halogens is 5. The van der Waals surface area contributed by atoms with E-state index in [1.54, 1.807) is 0 Å². The highest BCUT2D eigenvalue weighted by molar-refractivity contribution is 6.32. The van der Waals surface area contributed by atoms with Gasteiger partial charge in [-0.25, -0.2) is 4.39 Å². The molecule has 0 saturated heterocycles. The maximum absolute atomic E-state index is 15.0. The average Bonchev–Trinajstić information content (AvgIpc) is 2.98. The Bertz CT molecular complexity index is 1190. The predicted molar refractivity (Wildman–Crippen MR) is 126 cm³/mol. The third-order valence-corrected chi connectivity index (χ3v) is 7.53. The number of primary amides is 1. The van der Waals surface area contributed by atoms with Gasteiger partial charge in [0.05, 0.1) is 21.8 Å². The second-order valence-electron chi connectivity index (χ2n) is 9.22. The first-order chi connectivity index (χ1) is 16.8. The summed E-state index contributed by atoms with van der Waals surface area (Å²) in [4.78, 5) is 28.8. The van der Waals surface area contributed by atoms with E-state index >= 15 is 0 Å². The first-order valence-electron chi connectivity index (χ1n) is 11.6. The number of nitrogens with two attached hydrogens (primary N) is 1. The van der Waals surface area contributed by atoms with E-state index < -0.39 is 56.7 Å². The maximum Gasteiger partial charge on any atom is 0.416 e. The monoisotopic (exact) mass is 527 g/mol. The molecule has 4 rings (SSSR count). The summed E-state index contributed by atoms with van der Waals surface area (Å²) >= 11 is 6.13. The quantitative estimate of drug-likeness (QED) is 0.526. The number of nitrogens with zero attached hydrogens (tertiary/aromatic N) is 2. The Morgan fingerprint density at radius 3 is 2.39 bits per heavy atom. The van der Waals surface area contributed by atoms with Crippen molar-refractivity contribution in [1.82, 2.24) is 4.90 Å². The molecule has 1 aliphatic carbocycles. The fourth-order valence-corrected chi connectivity index (χ4v) is 5.70. The van der Waals surface area contributed by atoms with Crippen LogP contribution in [0.15, 0.2) is 30.3 Å². The van der Waals surface area contributed by atoms with E-state index in [0.29, 0.717) is 18.9 Å². The van der Waals surface area contributed by atoms with Crippen molar-refractivity contribution >= 4 is 29.1 Å². The Kier molecular flexibility index (Phi) is 6.83. The van der Waals surface area contributed by atoms with E-state index in [-0.39, 0.29) is 24.2 Å². The second kappa shape index (κ2) is 9.32. The number of hydrogen-bond acceptors (Lipinski definition) is 4. The van der Waals surface area contributed by atoms with Crippen LogP contribution in [0.3, 0.4) is 0 Å². The molecule has 3 N–H and O–H groups in total. The topological polar surface area (TPSA) is 86.9 Å². The lowest BCUT2D eigenvalue weighted by atomic mass is 9.78. The highest BCUT2D eigenvalue weighted by Gasteiger charge is 2.58. The summed E-state index contributed by atoms with van der Waals surface area (Å²) in [5, 5.41) is 11.3. The molecule has 2 aromatic carbocycles. The number of aliphatic hydroxyl groups is 1. The molecule has 0 bridgehead atoms. The molecule has 6 nitrogen and oxygen atoms in total. The molecule has 2 amide bonds. The zero-order chi connectivity index (χ0) is 26.6. The third kappa shape index (κ3) is 4.14. The van der Waals surface area contributed by atoms with Gasteiger partial charge in [-0.3, -0.25) is 9.59 Å².